The molecule has 3 nitrogen and oxygen atoms in total. The molecule has 0 fully saturated rings. The molecule has 0 aliphatic heterocycles. The summed E-state index contributed by atoms with van der Waals surface area (Å²) in [5.41, 5.74) is 11.7. The zero-order valence-electron chi connectivity index (χ0n) is 7.45. The van der Waals surface area contributed by atoms with E-state index < -0.39 is 12.1 Å². The van der Waals surface area contributed by atoms with E-state index in [1.54, 1.807) is 18.2 Å². The lowest BCUT2D eigenvalue weighted by molar-refractivity contribution is 0.153. The topological polar surface area (TPSA) is 72.3 Å². The first-order valence-electron chi connectivity index (χ1n) is 4.15. The van der Waals surface area contributed by atoms with Crippen molar-refractivity contribution in [2.75, 3.05) is 6.54 Å². The third-order valence-corrected chi connectivity index (χ3v) is 2.54. The summed E-state index contributed by atoms with van der Waals surface area (Å²) in [7, 11) is 0. The van der Waals surface area contributed by atoms with Crippen LogP contribution in [0.4, 0.5) is 0 Å². The molecular formula is C9H12Cl2N2O. The summed E-state index contributed by atoms with van der Waals surface area (Å²) in [6, 6.07) is 4.37. The van der Waals surface area contributed by atoms with Crippen molar-refractivity contribution in [3.05, 3.63) is 33.8 Å². The zero-order chi connectivity index (χ0) is 10.7. The SMILES string of the molecule is NCC(O)C(N)c1ccc(Cl)cc1Cl. The molecule has 0 saturated carbocycles. The molecule has 0 aliphatic rings. The zero-order valence-corrected chi connectivity index (χ0v) is 8.96. The molecule has 5 heteroatoms. The highest BCUT2D eigenvalue weighted by molar-refractivity contribution is 6.35. The van der Waals surface area contributed by atoms with E-state index in [1.807, 2.05) is 0 Å². The van der Waals surface area contributed by atoms with Gasteiger partial charge < -0.3 is 16.6 Å². The predicted octanol–water partition coefficient (Wildman–Crippen LogP) is 1.31. The molecule has 5 N–H and O–H groups in total. The van der Waals surface area contributed by atoms with Crippen LogP contribution in [0.25, 0.3) is 0 Å². The quantitative estimate of drug-likeness (QED) is 0.739. The van der Waals surface area contributed by atoms with Gasteiger partial charge in [0.05, 0.1) is 12.1 Å². The van der Waals surface area contributed by atoms with E-state index in [9.17, 15) is 5.11 Å². The smallest absolute Gasteiger partial charge is 0.0855 e. The van der Waals surface area contributed by atoms with Gasteiger partial charge in [0.1, 0.15) is 0 Å². The third-order valence-electron chi connectivity index (χ3n) is 1.98. The van der Waals surface area contributed by atoms with Crippen molar-refractivity contribution in [2.45, 2.75) is 12.1 Å². The molecule has 0 aliphatic carbocycles. The summed E-state index contributed by atoms with van der Waals surface area (Å²) in [5.74, 6) is 0. The van der Waals surface area contributed by atoms with Gasteiger partial charge in [-0.1, -0.05) is 29.3 Å². The van der Waals surface area contributed by atoms with Crippen LogP contribution in [0.5, 0.6) is 0 Å². The molecule has 0 radical (unpaired) electrons. The van der Waals surface area contributed by atoms with Gasteiger partial charge in [-0.05, 0) is 17.7 Å². The highest BCUT2D eigenvalue weighted by Gasteiger charge is 2.17. The van der Waals surface area contributed by atoms with Crippen LogP contribution in [-0.4, -0.2) is 17.8 Å². The van der Waals surface area contributed by atoms with Crippen LogP contribution in [-0.2, 0) is 0 Å². The van der Waals surface area contributed by atoms with Crippen molar-refractivity contribution in [3.8, 4) is 0 Å². The molecule has 1 rings (SSSR count). The Kier molecular flexibility index (Phi) is 4.16. The summed E-state index contributed by atoms with van der Waals surface area (Å²) in [6.45, 7) is 0.0973. The lowest BCUT2D eigenvalue weighted by Gasteiger charge is -2.18. The normalized spacial score (nSPS) is 15.2. The van der Waals surface area contributed by atoms with Crippen LogP contribution >= 0.6 is 23.2 Å². The van der Waals surface area contributed by atoms with Gasteiger partial charge in [0.25, 0.3) is 0 Å². The van der Waals surface area contributed by atoms with E-state index in [-0.39, 0.29) is 6.54 Å². The van der Waals surface area contributed by atoms with Gasteiger partial charge in [-0.25, -0.2) is 0 Å². The molecule has 1 aromatic rings. The largest absolute Gasteiger partial charge is 0.390 e. The highest BCUT2D eigenvalue weighted by Crippen LogP contribution is 2.26. The first-order valence-corrected chi connectivity index (χ1v) is 4.90. The van der Waals surface area contributed by atoms with Crippen LogP contribution < -0.4 is 11.5 Å². The van der Waals surface area contributed by atoms with Gasteiger partial charge in [-0.2, -0.15) is 0 Å². The monoisotopic (exact) mass is 234 g/mol. The summed E-state index contributed by atoms with van der Waals surface area (Å²) < 4.78 is 0. The second-order valence-corrected chi connectivity index (χ2v) is 3.84. The molecule has 0 heterocycles. The fourth-order valence-corrected chi connectivity index (χ4v) is 1.66. The summed E-state index contributed by atoms with van der Waals surface area (Å²) in [6.07, 6.45) is -0.798. The maximum absolute atomic E-state index is 9.43. The van der Waals surface area contributed by atoms with Gasteiger partial charge in [0.15, 0.2) is 0 Å². The number of hydrogen-bond donors (Lipinski definition) is 3. The van der Waals surface area contributed by atoms with Crippen molar-refractivity contribution in [2.24, 2.45) is 11.5 Å². The molecule has 78 valence electrons. The minimum atomic E-state index is -0.798. The van der Waals surface area contributed by atoms with Crippen LogP contribution in [0.3, 0.4) is 0 Å². The lowest BCUT2D eigenvalue weighted by atomic mass is 10.0. The molecule has 1 aromatic carbocycles. The number of aliphatic hydroxyl groups excluding tert-OH is 1. The number of nitrogens with two attached hydrogens (primary N) is 2. The Bertz CT molecular complexity index is 320. The molecule has 0 spiro atoms. The molecule has 0 amide bonds. The van der Waals surface area contributed by atoms with E-state index >= 15 is 0 Å². The Morgan fingerprint density at radius 2 is 2.00 bits per heavy atom. The average Bonchev–Trinajstić information content (AvgIpc) is 2.15. The van der Waals surface area contributed by atoms with E-state index in [2.05, 4.69) is 0 Å². The standard InChI is InChI=1S/C9H12Cl2N2O/c10-5-1-2-6(7(11)3-5)9(13)8(14)4-12/h1-3,8-9,14H,4,12-13H2. The van der Waals surface area contributed by atoms with Gasteiger partial charge in [0.2, 0.25) is 0 Å². The van der Waals surface area contributed by atoms with Gasteiger partial charge in [-0.3, -0.25) is 0 Å². The summed E-state index contributed by atoms with van der Waals surface area (Å²) >= 11 is 11.6. The van der Waals surface area contributed by atoms with Gasteiger partial charge in [-0.15, -0.1) is 0 Å². The Hall–Kier alpha value is -0.320. The Morgan fingerprint density at radius 3 is 2.50 bits per heavy atom. The highest BCUT2D eigenvalue weighted by atomic mass is 35.5. The van der Waals surface area contributed by atoms with Gasteiger partial charge >= 0.3 is 0 Å². The first kappa shape index (κ1) is 11.8. The second-order valence-electron chi connectivity index (χ2n) is 2.99. The van der Waals surface area contributed by atoms with E-state index in [0.717, 1.165) is 0 Å². The molecule has 14 heavy (non-hydrogen) atoms. The van der Waals surface area contributed by atoms with Crippen molar-refractivity contribution < 1.29 is 5.11 Å². The minimum absolute atomic E-state index is 0.0973. The van der Waals surface area contributed by atoms with E-state index in [4.69, 9.17) is 34.7 Å². The molecular weight excluding hydrogens is 223 g/mol. The fourth-order valence-electron chi connectivity index (χ4n) is 1.13. The number of benzene rings is 1. The fraction of sp³-hybridized carbons (Fsp3) is 0.333. The number of aliphatic hydroxyl groups is 1. The van der Waals surface area contributed by atoms with Crippen LogP contribution in [0.1, 0.15) is 11.6 Å². The van der Waals surface area contributed by atoms with Crippen LogP contribution in [0, 0.1) is 0 Å². The molecule has 0 aromatic heterocycles. The van der Waals surface area contributed by atoms with E-state index in [0.29, 0.717) is 15.6 Å². The third kappa shape index (κ3) is 2.59. The maximum atomic E-state index is 9.43. The molecule has 2 atom stereocenters. The van der Waals surface area contributed by atoms with Crippen molar-refractivity contribution in [1.82, 2.24) is 0 Å². The summed E-state index contributed by atoms with van der Waals surface area (Å²) in [4.78, 5) is 0. The first-order chi connectivity index (χ1) is 6.56. The van der Waals surface area contributed by atoms with Gasteiger partial charge in [0, 0.05) is 16.6 Å². The average molecular weight is 235 g/mol. The van der Waals surface area contributed by atoms with Crippen LogP contribution in [0.2, 0.25) is 10.0 Å². The molecule has 2 unspecified atom stereocenters. The minimum Gasteiger partial charge on any atom is -0.390 e. The molecule has 0 bridgehead atoms. The van der Waals surface area contributed by atoms with Crippen molar-refractivity contribution >= 4 is 23.2 Å². The second kappa shape index (κ2) is 4.96. The summed E-state index contributed by atoms with van der Waals surface area (Å²) in [5, 5.41) is 10.4. The lowest BCUT2D eigenvalue weighted by Crippen LogP contribution is -2.32. The predicted molar refractivity (Wildman–Crippen MR) is 58.5 cm³/mol. The van der Waals surface area contributed by atoms with Crippen LogP contribution in [0.15, 0.2) is 18.2 Å². The van der Waals surface area contributed by atoms with Crippen molar-refractivity contribution in [3.63, 3.8) is 0 Å². The van der Waals surface area contributed by atoms with E-state index in [1.165, 1.54) is 0 Å². The Labute approximate surface area is 92.6 Å². The Balaban J connectivity index is 2.95. The van der Waals surface area contributed by atoms with Crippen molar-refractivity contribution in [1.29, 1.82) is 0 Å². The molecule has 0 saturated heterocycles. The number of hydrogen-bond acceptors (Lipinski definition) is 3. The maximum Gasteiger partial charge on any atom is 0.0855 e. The number of rotatable bonds is 3. The Morgan fingerprint density at radius 1 is 1.36 bits per heavy atom. The number of halogens is 2.